The summed E-state index contributed by atoms with van der Waals surface area (Å²) in [6, 6.07) is 7.40. The summed E-state index contributed by atoms with van der Waals surface area (Å²) < 4.78 is 0. The first-order chi connectivity index (χ1) is 9.99. The third-order valence-electron chi connectivity index (χ3n) is 3.25. The highest BCUT2D eigenvalue weighted by molar-refractivity contribution is 7.10. The zero-order valence-corrected chi connectivity index (χ0v) is 13.2. The van der Waals surface area contributed by atoms with E-state index < -0.39 is 0 Å². The maximum absolute atomic E-state index is 12.1. The van der Waals surface area contributed by atoms with E-state index in [0.717, 1.165) is 5.69 Å². The lowest BCUT2D eigenvalue weighted by Crippen LogP contribution is -2.36. The molecule has 2 rings (SSSR count). The van der Waals surface area contributed by atoms with E-state index in [-0.39, 0.29) is 23.1 Å². The van der Waals surface area contributed by atoms with Crippen molar-refractivity contribution >= 4 is 17.2 Å². The van der Waals surface area contributed by atoms with Gasteiger partial charge in [-0.1, -0.05) is 6.07 Å². The number of nitrogens with one attached hydrogen (secondary N) is 2. The van der Waals surface area contributed by atoms with E-state index >= 15 is 0 Å². The number of amides is 1. The Morgan fingerprint density at radius 3 is 2.71 bits per heavy atom. The van der Waals surface area contributed by atoms with Crippen LogP contribution >= 0.6 is 11.3 Å². The third kappa shape index (κ3) is 3.80. The van der Waals surface area contributed by atoms with Gasteiger partial charge in [-0.15, -0.1) is 11.3 Å². The molecule has 0 bridgehead atoms. The fourth-order valence-corrected chi connectivity index (χ4v) is 2.98. The summed E-state index contributed by atoms with van der Waals surface area (Å²) in [4.78, 5) is 29.7. The second-order valence-electron chi connectivity index (χ2n) is 5.09. The molecule has 2 N–H and O–H groups in total. The van der Waals surface area contributed by atoms with Gasteiger partial charge in [-0.3, -0.25) is 9.59 Å². The van der Waals surface area contributed by atoms with Gasteiger partial charge in [0.15, 0.2) is 0 Å². The topological polar surface area (TPSA) is 65.2 Å². The lowest BCUT2D eigenvalue weighted by Gasteiger charge is -2.23. The van der Waals surface area contributed by atoms with Crippen LogP contribution in [-0.4, -0.2) is 36.4 Å². The minimum Gasteiger partial charge on any atom is -0.350 e. The summed E-state index contributed by atoms with van der Waals surface area (Å²) in [7, 11) is 3.93. The molecule has 0 saturated carbocycles. The van der Waals surface area contributed by atoms with Gasteiger partial charge in [0.1, 0.15) is 5.56 Å². The van der Waals surface area contributed by atoms with Crippen molar-refractivity contribution < 1.29 is 4.79 Å². The van der Waals surface area contributed by atoms with Gasteiger partial charge in [0, 0.05) is 17.1 Å². The van der Waals surface area contributed by atoms with Crippen LogP contribution in [0.15, 0.2) is 34.4 Å². The smallest absolute Gasteiger partial charge is 0.260 e. The molecule has 0 aliphatic rings. The maximum atomic E-state index is 12.1. The summed E-state index contributed by atoms with van der Waals surface area (Å²) in [5.74, 6) is -0.348. The fraction of sp³-hybridized carbons (Fsp3) is 0.333. The van der Waals surface area contributed by atoms with Gasteiger partial charge >= 0.3 is 0 Å². The Bertz CT molecular complexity index is 662. The molecule has 0 aliphatic heterocycles. The van der Waals surface area contributed by atoms with E-state index in [1.54, 1.807) is 30.4 Å². The molecule has 0 aromatic carbocycles. The Hall–Kier alpha value is -1.92. The molecule has 2 heterocycles. The summed E-state index contributed by atoms with van der Waals surface area (Å²) in [6.45, 7) is 2.24. The third-order valence-corrected chi connectivity index (χ3v) is 4.22. The van der Waals surface area contributed by atoms with Crippen molar-refractivity contribution in [2.45, 2.75) is 13.0 Å². The van der Waals surface area contributed by atoms with Gasteiger partial charge in [0.2, 0.25) is 0 Å². The molecule has 1 atom stereocenters. The molecular weight excluding hydrogens is 286 g/mol. The molecule has 0 spiro atoms. The first-order valence-corrected chi connectivity index (χ1v) is 7.55. The van der Waals surface area contributed by atoms with E-state index in [0.29, 0.717) is 6.54 Å². The molecule has 0 radical (unpaired) electrons. The molecular formula is C15H19N3O2S. The first kappa shape index (κ1) is 15.5. The first-order valence-electron chi connectivity index (χ1n) is 6.67. The highest BCUT2D eigenvalue weighted by Gasteiger charge is 2.17. The predicted octanol–water partition coefficient (Wildman–Crippen LogP) is 1.78. The van der Waals surface area contributed by atoms with Gasteiger partial charge in [0.25, 0.3) is 11.5 Å². The number of hydrogen-bond donors (Lipinski definition) is 2. The standard InChI is InChI=1S/C15H19N3O2S/c1-10-6-7-11(15(20)17-10)14(19)16-9-12(18(2)3)13-5-4-8-21-13/h4-8,12H,9H2,1-3H3,(H,16,19)(H,17,20)/t12-/m0/s1. The number of hydrogen-bond acceptors (Lipinski definition) is 4. The number of carbonyl (C=O) groups is 1. The molecule has 21 heavy (non-hydrogen) atoms. The predicted molar refractivity (Wildman–Crippen MR) is 84.9 cm³/mol. The van der Waals surface area contributed by atoms with Crippen LogP contribution in [0, 0.1) is 6.92 Å². The Labute approximate surface area is 127 Å². The number of aromatic amines is 1. The molecule has 2 aromatic heterocycles. The lowest BCUT2D eigenvalue weighted by atomic mass is 10.2. The molecule has 0 saturated heterocycles. The molecule has 2 aromatic rings. The Morgan fingerprint density at radius 2 is 2.14 bits per heavy atom. The molecule has 6 heteroatoms. The van der Waals surface area contributed by atoms with Gasteiger partial charge in [-0.25, -0.2) is 0 Å². The number of likely N-dealkylation sites (N-methyl/N-ethyl adjacent to an activating group) is 1. The normalized spacial score (nSPS) is 12.4. The Morgan fingerprint density at radius 1 is 1.38 bits per heavy atom. The summed E-state index contributed by atoms with van der Waals surface area (Å²) >= 11 is 1.65. The monoisotopic (exact) mass is 305 g/mol. The van der Waals surface area contributed by atoms with Crippen LogP contribution in [0.1, 0.15) is 27.0 Å². The average molecular weight is 305 g/mol. The Kier molecular flexibility index (Phi) is 4.93. The number of carbonyl (C=O) groups excluding carboxylic acids is 1. The SMILES string of the molecule is Cc1ccc(C(=O)NC[C@@H](c2cccs2)N(C)C)c(=O)[nH]1. The highest BCUT2D eigenvalue weighted by atomic mass is 32.1. The van der Waals surface area contributed by atoms with Crippen LogP contribution in [0.4, 0.5) is 0 Å². The van der Waals surface area contributed by atoms with E-state index in [1.807, 2.05) is 36.5 Å². The number of aryl methyl sites for hydroxylation is 1. The van der Waals surface area contributed by atoms with Crippen molar-refractivity contribution in [1.82, 2.24) is 15.2 Å². The maximum Gasteiger partial charge on any atom is 0.260 e. The van der Waals surface area contributed by atoms with E-state index in [2.05, 4.69) is 10.3 Å². The fourth-order valence-electron chi connectivity index (χ4n) is 2.05. The van der Waals surface area contributed by atoms with Crippen LogP contribution < -0.4 is 10.9 Å². The van der Waals surface area contributed by atoms with Crippen LogP contribution in [0.3, 0.4) is 0 Å². The molecule has 1 amide bonds. The number of aromatic nitrogens is 1. The lowest BCUT2D eigenvalue weighted by molar-refractivity contribution is 0.0940. The van der Waals surface area contributed by atoms with Crippen LogP contribution in [0.5, 0.6) is 0 Å². The quantitative estimate of drug-likeness (QED) is 0.885. The van der Waals surface area contributed by atoms with Crippen LogP contribution in [0.25, 0.3) is 0 Å². The number of H-pyrrole nitrogens is 1. The van der Waals surface area contributed by atoms with E-state index in [4.69, 9.17) is 0 Å². The minimum absolute atomic E-state index is 0.0958. The molecule has 0 fully saturated rings. The summed E-state index contributed by atoms with van der Waals surface area (Å²) in [5.41, 5.74) is 0.524. The van der Waals surface area contributed by atoms with Crippen molar-refractivity contribution in [3.63, 3.8) is 0 Å². The average Bonchev–Trinajstić information content (AvgIpc) is 2.92. The van der Waals surface area contributed by atoms with Crippen molar-refractivity contribution in [2.24, 2.45) is 0 Å². The molecule has 5 nitrogen and oxygen atoms in total. The molecule has 112 valence electrons. The number of pyridine rings is 1. The van der Waals surface area contributed by atoms with E-state index in [9.17, 15) is 9.59 Å². The van der Waals surface area contributed by atoms with Gasteiger partial charge in [0.05, 0.1) is 6.04 Å². The zero-order chi connectivity index (χ0) is 15.4. The van der Waals surface area contributed by atoms with Gasteiger partial charge < -0.3 is 15.2 Å². The Balaban J connectivity index is 2.07. The van der Waals surface area contributed by atoms with Crippen LogP contribution in [0.2, 0.25) is 0 Å². The highest BCUT2D eigenvalue weighted by Crippen LogP contribution is 2.22. The van der Waals surface area contributed by atoms with Crippen molar-refractivity contribution in [1.29, 1.82) is 0 Å². The largest absolute Gasteiger partial charge is 0.350 e. The minimum atomic E-state index is -0.356. The molecule has 0 unspecified atom stereocenters. The van der Waals surface area contributed by atoms with Crippen molar-refractivity contribution in [3.8, 4) is 0 Å². The second-order valence-corrected chi connectivity index (χ2v) is 6.07. The van der Waals surface area contributed by atoms with E-state index in [1.165, 1.54) is 4.88 Å². The van der Waals surface area contributed by atoms with Gasteiger partial charge in [-0.2, -0.15) is 0 Å². The summed E-state index contributed by atoms with van der Waals surface area (Å²) in [6.07, 6.45) is 0. The number of thiophene rings is 1. The van der Waals surface area contributed by atoms with Crippen molar-refractivity contribution in [2.75, 3.05) is 20.6 Å². The summed E-state index contributed by atoms with van der Waals surface area (Å²) in [5, 5.41) is 4.85. The van der Waals surface area contributed by atoms with Gasteiger partial charge in [-0.05, 0) is 44.6 Å². The van der Waals surface area contributed by atoms with Crippen molar-refractivity contribution in [3.05, 3.63) is 56.1 Å². The second kappa shape index (κ2) is 6.69. The number of rotatable bonds is 5. The zero-order valence-electron chi connectivity index (χ0n) is 12.3. The van der Waals surface area contributed by atoms with Crippen LogP contribution in [-0.2, 0) is 0 Å². The molecule has 0 aliphatic carbocycles. The number of nitrogens with zero attached hydrogens (tertiary/aromatic N) is 1.